The van der Waals surface area contributed by atoms with Crippen LogP contribution in [0.2, 0.25) is 0 Å². The quantitative estimate of drug-likeness (QED) is 0.787. The molecule has 148 valence electrons. The fraction of sp³-hybridized carbons (Fsp3) is 0.261. The van der Waals surface area contributed by atoms with Crippen molar-refractivity contribution in [3.63, 3.8) is 0 Å². The van der Waals surface area contributed by atoms with Gasteiger partial charge in [0, 0.05) is 13.1 Å². The number of amides is 3. The van der Waals surface area contributed by atoms with Crippen molar-refractivity contribution in [2.45, 2.75) is 24.9 Å². The zero-order chi connectivity index (χ0) is 20.4. The van der Waals surface area contributed by atoms with Crippen LogP contribution < -0.4 is 0 Å². The van der Waals surface area contributed by atoms with Crippen LogP contribution >= 0.6 is 0 Å². The first kappa shape index (κ1) is 18.9. The van der Waals surface area contributed by atoms with E-state index < -0.39 is 18.0 Å². The third-order valence-electron chi connectivity index (χ3n) is 5.39. The van der Waals surface area contributed by atoms with E-state index in [1.807, 2.05) is 60.7 Å². The normalized spacial score (nSPS) is 21.3. The Morgan fingerprint density at radius 2 is 1.62 bits per heavy atom. The van der Waals surface area contributed by atoms with Crippen LogP contribution in [0.25, 0.3) is 0 Å². The molecule has 29 heavy (non-hydrogen) atoms. The summed E-state index contributed by atoms with van der Waals surface area (Å²) in [4.78, 5) is 40.7. The minimum absolute atomic E-state index is 0.154. The van der Waals surface area contributed by atoms with E-state index >= 15 is 0 Å². The summed E-state index contributed by atoms with van der Waals surface area (Å²) in [6, 6.07) is 18.1. The molecule has 2 atom stereocenters. The molecular formula is C23H22N2O4. The molecule has 6 heteroatoms. The van der Waals surface area contributed by atoms with Gasteiger partial charge in [0.2, 0.25) is 5.91 Å². The van der Waals surface area contributed by atoms with Gasteiger partial charge in [0.05, 0.1) is 6.04 Å². The zero-order valence-corrected chi connectivity index (χ0v) is 16.2. The highest BCUT2D eigenvalue weighted by molar-refractivity contribution is 6.04. The lowest BCUT2D eigenvalue weighted by Crippen LogP contribution is -2.51. The molecule has 3 amide bonds. The number of benzene rings is 2. The molecule has 6 nitrogen and oxygen atoms in total. The van der Waals surface area contributed by atoms with Crippen molar-refractivity contribution in [3.8, 4) is 0 Å². The predicted octanol–water partition coefficient (Wildman–Crippen LogP) is 2.59. The van der Waals surface area contributed by atoms with E-state index in [0.717, 1.165) is 11.1 Å². The van der Waals surface area contributed by atoms with Crippen LogP contribution in [-0.2, 0) is 27.2 Å². The topological polar surface area (TPSA) is 66.9 Å². The number of hydrogen-bond acceptors (Lipinski definition) is 4. The molecule has 0 bridgehead atoms. The van der Waals surface area contributed by atoms with E-state index in [0.29, 0.717) is 18.4 Å². The van der Waals surface area contributed by atoms with Crippen molar-refractivity contribution in [1.29, 1.82) is 0 Å². The van der Waals surface area contributed by atoms with Crippen LogP contribution in [0.15, 0.2) is 72.3 Å². The van der Waals surface area contributed by atoms with Crippen LogP contribution in [0.5, 0.6) is 0 Å². The number of imide groups is 1. The minimum atomic E-state index is -0.799. The first-order chi connectivity index (χ1) is 14.0. The smallest absolute Gasteiger partial charge is 0.417 e. The number of rotatable bonds is 5. The number of cyclic esters (lactones) is 1. The standard InChI is InChI=1S/C23H22N2O4/c1-24-20(26)14-18(12-16-8-4-2-5-9-16)21(24)22(27)25-19(15-29-23(25)28)13-17-10-6-3-7-11-17/h2-11,14,19,21H,12-13,15H2,1H3. The Hall–Kier alpha value is -3.41. The molecule has 0 saturated carbocycles. The van der Waals surface area contributed by atoms with Crippen molar-refractivity contribution >= 4 is 17.9 Å². The van der Waals surface area contributed by atoms with Gasteiger partial charge in [0.15, 0.2) is 0 Å². The van der Waals surface area contributed by atoms with Gasteiger partial charge < -0.3 is 9.64 Å². The molecule has 2 aliphatic heterocycles. The summed E-state index contributed by atoms with van der Waals surface area (Å²) in [6.45, 7) is 0.154. The molecule has 1 fully saturated rings. The van der Waals surface area contributed by atoms with Gasteiger partial charge in [-0.2, -0.15) is 0 Å². The number of carbonyl (C=O) groups excluding carboxylic acids is 3. The highest BCUT2D eigenvalue weighted by atomic mass is 16.6. The summed E-state index contributed by atoms with van der Waals surface area (Å²) in [6.07, 6.45) is 1.84. The lowest BCUT2D eigenvalue weighted by atomic mass is 9.98. The van der Waals surface area contributed by atoms with Gasteiger partial charge in [-0.15, -0.1) is 0 Å². The predicted molar refractivity (Wildman–Crippen MR) is 107 cm³/mol. The molecule has 2 aromatic carbocycles. The number of hydrogen-bond donors (Lipinski definition) is 0. The minimum Gasteiger partial charge on any atom is -0.447 e. The van der Waals surface area contributed by atoms with Crippen LogP contribution in [0.4, 0.5) is 4.79 Å². The van der Waals surface area contributed by atoms with Gasteiger partial charge in [-0.3, -0.25) is 9.59 Å². The average Bonchev–Trinajstić information content (AvgIpc) is 3.22. The third-order valence-corrected chi connectivity index (χ3v) is 5.39. The van der Waals surface area contributed by atoms with Gasteiger partial charge >= 0.3 is 6.09 Å². The largest absolute Gasteiger partial charge is 0.447 e. The summed E-state index contributed by atoms with van der Waals surface area (Å²) in [7, 11) is 1.59. The third kappa shape index (κ3) is 3.78. The number of ether oxygens (including phenoxy) is 1. The van der Waals surface area contributed by atoms with E-state index in [2.05, 4.69) is 0 Å². The Morgan fingerprint density at radius 3 is 2.28 bits per heavy atom. The van der Waals surface area contributed by atoms with E-state index in [4.69, 9.17) is 4.74 Å². The number of carbonyl (C=O) groups is 3. The van der Waals surface area contributed by atoms with Crippen LogP contribution in [-0.4, -0.2) is 53.4 Å². The second-order valence-electron chi connectivity index (χ2n) is 7.36. The maximum Gasteiger partial charge on any atom is 0.417 e. The first-order valence-corrected chi connectivity index (χ1v) is 9.59. The molecule has 4 rings (SSSR count). The number of likely N-dealkylation sites (N-methyl/N-ethyl adjacent to an activating group) is 1. The van der Waals surface area contributed by atoms with Crippen LogP contribution in [0.1, 0.15) is 11.1 Å². The molecule has 1 saturated heterocycles. The summed E-state index contributed by atoms with van der Waals surface area (Å²) in [5.74, 6) is -0.648. The molecule has 0 radical (unpaired) electrons. The molecule has 0 aromatic heterocycles. The van der Waals surface area contributed by atoms with E-state index in [1.54, 1.807) is 7.05 Å². The maximum atomic E-state index is 13.4. The monoisotopic (exact) mass is 390 g/mol. The summed E-state index contributed by atoms with van der Waals surface area (Å²) >= 11 is 0. The van der Waals surface area contributed by atoms with E-state index in [-0.39, 0.29) is 18.6 Å². The molecule has 0 N–H and O–H groups in total. The zero-order valence-electron chi connectivity index (χ0n) is 16.2. The van der Waals surface area contributed by atoms with Crippen LogP contribution in [0, 0.1) is 0 Å². The summed E-state index contributed by atoms with van der Waals surface area (Å²) < 4.78 is 5.19. The van der Waals surface area contributed by atoms with Gasteiger partial charge in [-0.1, -0.05) is 60.7 Å². The van der Waals surface area contributed by atoms with Crippen molar-refractivity contribution in [1.82, 2.24) is 9.80 Å². The fourth-order valence-corrected chi connectivity index (χ4v) is 3.92. The lowest BCUT2D eigenvalue weighted by Gasteiger charge is -2.28. The molecule has 0 spiro atoms. The molecule has 2 aromatic rings. The molecule has 0 aliphatic carbocycles. The van der Waals surface area contributed by atoms with Gasteiger partial charge in [0.25, 0.3) is 5.91 Å². The van der Waals surface area contributed by atoms with Gasteiger partial charge in [0.1, 0.15) is 12.6 Å². The summed E-state index contributed by atoms with van der Waals surface area (Å²) in [5, 5.41) is 0. The molecular weight excluding hydrogens is 368 g/mol. The van der Waals surface area contributed by atoms with Crippen molar-refractivity contribution in [3.05, 3.63) is 83.4 Å². The first-order valence-electron chi connectivity index (χ1n) is 9.59. The number of nitrogens with zero attached hydrogens (tertiary/aromatic N) is 2. The average molecular weight is 390 g/mol. The van der Waals surface area contributed by atoms with Gasteiger partial charge in [-0.05, 0) is 29.5 Å². The molecule has 2 unspecified atom stereocenters. The fourth-order valence-electron chi connectivity index (χ4n) is 3.92. The van der Waals surface area contributed by atoms with E-state index in [9.17, 15) is 14.4 Å². The van der Waals surface area contributed by atoms with Crippen molar-refractivity contribution in [2.75, 3.05) is 13.7 Å². The van der Waals surface area contributed by atoms with Crippen molar-refractivity contribution < 1.29 is 19.1 Å². The summed E-state index contributed by atoms with van der Waals surface area (Å²) in [5.41, 5.74) is 2.71. The second-order valence-corrected chi connectivity index (χ2v) is 7.36. The Labute approximate surface area is 169 Å². The Bertz CT molecular complexity index is 955. The Kier molecular flexibility index (Phi) is 5.16. The maximum absolute atomic E-state index is 13.4. The van der Waals surface area contributed by atoms with Gasteiger partial charge in [-0.25, -0.2) is 9.69 Å². The highest BCUT2D eigenvalue weighted by Gasteiger charge is 2.45. The molecule has 2 heterocycles. The Morgan fingerprint density at radius 1 is 1.00 bits per heavy atom. The van der Waals surface area contributed by atoms with E-state index in [1.165, 1.54) is 15.9 Å². The Balaban J connectivity index is 1.57. The van der Waals surface area contributed by atoms with Crippen LogP contribution in [0.3, 0.4) is 0 Å². The lowest BCUT2D eigenvalue weighted by molar-refractivity contribution is -0.138. The highest BCUT2D eigenvalue weighted by Crippen LogP contribution is 2.27. The SMILES string of the molecule is CN1C(=O)C=C(Cc2ccccc2)C1C(=O)N1C(=O)OCC1Cc1ccccc1. The van der Waals surface area contributed by atoms with Crippen molar-refractivity contribution in [2.24, 2.45) is 0 Å². The second kappa shape index (κ2) is 7.91. The molecule has 2 aliphatic rings.